The Balaban J connectivity index is 2.38. The van der Waals surface area contributed by atoms with Gasteiger partial charge in [0.15, 0.2) is 17.1 Å². The molecule has 0 aliphatic carbocycles. The molecule has 0 radical (unpaired) electrons. The van der Waals surface area contributed by atoms with Gasteiger partial charge in [0.25, 0.3) is 0 Å². The molecule has 1 N–H and O–H groups in total. The van der Waals surface area contributed by atoms with Gasteiger partial charge in [0.2, 0.25) is 0 Å². The lowest BCUT2D eigenvalue weighted by Crippen LogP contribution is -2.05. The number of aromatic nitrogens is 2. The lowest BCUT2D eigenvalue weighted by molar-refractivity contribution is 0.0691. The van der Waals surface area contributed by atoms with Crippen LogP contribution in [0.25, 0.3) is 5.65 Å². The van der Waals surface area contributed by atoms with E-state index in [-0.39, 0.29) is 5.69 Å². The second-order valence-electron chi connectivity index (χ2n) is 4.24. The molecule has 0 atom stereocenters. The smallest absolute Gasteiger partial charge is 0.356 e. The molecule has 0 spiro atoms. The molecule has 90 valence electrons. The summed E-state index contributed by atoms with van der Waals surface area (Å²) in [6.45, 7) is 4.68. The fourth-order valence-electron chi connectivity index (χ4n) is 1.46. The van der Waals surface area contributed by atoms with E-state index in [0.29, 0.717) is 23.9 Å². The molecule has 17 heavy (non-hydrogen) atoms. The maximum atomic E-state index is 10.8. The molecule has 2 heterocycles. The first-order valence-electron chi connectivity index (χ1n) is 5.41. The van der Waals surface area contributed by atoms with Crippen LogP contribution in [0, 0.1) is 5.92 Å². The Morgan fingerprint density at radius 1 is 1.59 bits per heavy atom. The second kappa shape index (κ2) is 4.45. The van der Waals surface area contributed by atoms with Crippen LogP contribution >= 0.6 is 0 Å². The number of rotatable bonds is 4. The van der Waals surface area contributed by atoms with E-state index in [0.717, 1.165) is 0 Å². The highest BCUT2D eigenvalue weighted by Gasteiger charge is 2.12. The molecule has 0 aliphatic rings. The van der Waals surface area contributed by atoms with Gasteiger partial charge < -0.3 is 14.2 Å². The first-order chi connectivity index (χ1) is 8.08. The number of aromatic carboxylic acids is 1. The summed E-state index contributed by atoms with van der Waals surface area (Å²) in [7, 11) is 0. The Bertz CT molecular complexity index is 546. The third-order valence-corrected chi connectivity index (χ3v) is 2.24. The topological polar surface area (TPSA) is 63.8 Å². The van der Waals surface area contributed by atoms with Crippen molar-refractivity contribution < 1.29 is 14.6 Å². The van der Waals surface area contributed by atoms with Crippen molar-refractivity contribution in [3.63, 3.8) is 0 Å². The molecule has 0 fully saturated rings. The van der Waals surface area contributed by atoms with E-state index in [2.05, 4.69) is 4.98 Å². The molecule has 0 saturated heterocycles. The van der Waals surface area contributed by atoms with E-state index in [4.69, 9.17) is 9.84 Å². The zero-order chi connectivity index (χ0) is 12.4. The highest BCUT2D eigenvalue weighted by molar-refractivity contribution is 5.86. The maximum Gasteiger partial charge on any atom is 0.356 e. The quantitative estimate of drug-likeness (QED) is 0.879. The average Bonchev–Trinajstić information content (AvgIpc) is 2.70. The monoisotopic (exact) mass is 234 g/mol. The molecule has 2 aromatic rings. The Kier molecular flexibility index (Phi) is 2.99. The first-order valence-corrected chi connectivity index (χ1v) is 5.41. The number of pyridine rings is 1. The van der Waals surface area contributed by atoms with Crippen molar-refractivity contribution >= 4 is 11.6 Å². The summed E-state index contributed by atoms with van der Waals surface area (Å²) in [4.78, 5) is 14.9. The van der Waals surface area contributed by atoms with Crippen LogP contribution in [0.4, 0.5) is 0 Å². The largest absolute Gasteiger partial charge is 0.489 e. The number of imidazole rings is 1. The second-order valence-corrected chi connectivity index (χ2v) is 4.24. The van der Waals surface area contributed by atoms with Crippen molar-refractivity contribution in [2.24, 2.45) is 5.92 Å². The molecule has 5 heteroatoms. The highest BCUT2D eigenvalue weighted by Crippen LogP contribution is 2.19. The van der Waals surface area contributed by atoms with Gasteiger partial charge in [-0.05, 0) is 18.1 Å². The Hall–Kier alpha value is -2.04. The van der Waals surface area contributed by atoms with Crippen LogP contribution in [0.3, 0.4) is 0 Å². The highest BCUT2D eigenvalue weighted by atomic mass is 16.5. The van der Waals surface area contributed by atoms with Gasteiger partial charge in [-0.1, -0.05) is 13.8 Å². The summed E-state index contributed by atoms with van der Waals surface area (Å²) in [6, 6.07) is 3.59. The Labute approximate surface area is 98.7 Å². The number of carbonyl (C=O) groups is 1. The normalized spacial score (nSPS) is 11.0. The zero-order valence-electron chi connectivity index (χ0n) is 9.75. The predicted molar refractivity (Wildman–Crippen MR) is 62.5 cm³/mol. The number of fused-ring (bicyclic) bond motifs is 1. The summed E-state index contributed by atoms with van der Waals surface area (Å²) in [5, 5.41) is 8.88. The molecule has 0 saturated carbocycles. The van der Waals surface area contributed by atoms with Crippen molar-refractivity contribution in [2.45, 2.75) is 13.8 Å². The maximum absolute atomic E-state index is 10.8. The third-order valence-electron chi connectivity index (χ3n) is 2.24. The van der Waals surface area contributed by atoms with Crippen LogP contribution in [0.2, 0.25) is 0 Å². The van der Waals surface area contributed by atoms with Gasteiger partial charge >= 0.3 is 5.97 Å². The van der Waals surface area contributed by atoms with Crippen molar-refractivity contribution in [1.29, 1.82) is 0 Å². The lowest BCUT2D eigenvalue weighted by Gasteiger charge is -2.08. The van der Waals surface area contributed by atoms with Gasteiger partial charge in [0, 0.05) is 12.4 Å². The van der Waals surface area contributed by atoms with Gasteiger partial charge in [0.05, 0.1) is 6.61 Å². The van der Waals surface area contributed by atoms with Crippen LogP contribution in [0.5, 0.6) is 5.75 Å². The van der Waals surface area contributed by atoms with Crippen LogP contribution in [0.1, 0.15) is 24.3 Å². The fourth-order valence-corrected chi connectivity index (χ4v) is 1.46. The number of carboxylic acids is 1. The van der Waals surface area contributed by atoms with Gasteiger partial charge in [-0.3, -0.25) is 0 Å². The van der Waals surface area contributed by atoms with Crippen LogP contribution in [-0.4, -0.2) is 27.1 Å². The Morgan fingerprint density at radius 3 is 3.00 bits per heavy atom. The van der Waals surface area contributed by atoms with Crippen LogP contribution < -0.4 is 4.74 Å². The van der Waals surface area contributed by atoms with Crippen molar-refractivity contribution in [1.82, 2.24) is 9.38 Å². The van der Waals surface area contributed by atoms with E-state index in [1.165, 1.54) is 6.20 Å². The summed E-state index contributed by atoms with van der Waals surface area (Å²) >= 11 is 0. The van der Waals surface area contributed by atoms with Crippen LogP contribution in [0.15, 0.2) is 24.5 Å². The molecule has 2 aromatic heterocycles. The minimum Gasteiger partial charge on any atom is -0.489 e. The number of carboxylic acid groups (broad SMARTS) is 1. The standard InChI is InChI=1S/C12H14N2O3/c1-8(2)7-17-10-4-3-5-14-6-9(12(15)16)13-11(10)14/h3-6,8H,7H2,1-2H3,(H,15,16). The predicted octanol–water partition coefficient (Wildman–Crippen LogP) is 2.07. The molecule has 0 aliphatic heterocycles. The molecule has 2 rings (SSSR count). The minimum atomic E-state index is -1.04. The molecular formula is C12H14N2O3. The van der Waals surface area contributed by atoms with E-state index in [1.54, 1.807) is 22.7 Å². The van der Waals surface area contributed by atoms with Crippen molar-refractivity contribution in [2.75, 3.05) is 6.61 Å². The summed E-state index contributed by atoms with van der Waals surface area (Å²) in [5.41, 5.74) is 0.552. The van der Waals surface area contributed by atoms with Crippen molar-refractivity contribution in [3.05, 3.63) is 30.2 Å². The van der Waals surface area contributed by atoms with E-state index < -0.39 is 5.97 Å². The SMILES string of the molecule is CC(C)COc1cccn2cc(C(=O)O)nc12. The van der Waals surface area contributed by atoms with Gasteiger partial charge in [-0.25, -0.2) is 9.78 Å². The van der Waals surface area contributed by atoms with Crippen LogP contribution in [-0.2, 0) is 0 Å². The first kappa shape index (κ1) is 11.4. The van der Waals surface area contributed by atoms with E-state index in [9.17, 15) is 4.79 Å². The molecule has 0 bridgehead atoms. The number of hydrogen-bond donors (Lipinski definition) is 1. The molecule has 0 unspecified atom stereocenters. The molecule has 0 aromatic carbocycles. The van der Waals surface area contributed by atoms with Gasteiger partial charge in [-0.15, -0.1) is 0 Å². The number of hydrogen-bond acceptors (Lipinski definition) is 3. The summed E-state index contributed by atoms with van der Waals surface area (Å²) in [5.74, 6) is -0.0265. The van der Waals surface area contributed by atoms with E-state index in [1.807, 2.05) is 13.8 Å². The minimum absolute atomic E-state index is 0.0191. The Morgan fingerprint density at radius 2 is 2.35 bits per heavy atom. The van der Waals surface area contributed by atoms with Gasteiger partial charge in [-0.2, -0.15) is 0 Å². The molecule has 5 nitrogen and oxygen atoms in total. The van der Waals surface area contributed by atoms with Gasteiger partial charge in [0.1, 0.15) is 0 Å². The summed E-state index contributed by atoms with van der Waals surface area (Å²) in [6.07, 6.45) is 3.22. The number of ether oxygens (including phenoxy) is 1. The molecular weight excluding hydrogens is 220 g/mol. The van der Waals surface area contributed by atoms with Crippen molar-refractivity contribution in [3.8, 4) is 5.75 Å². The number of nitrogens with zero attached hydrogens (tertiary/aromatic N) is 2. The zero-order valence-corrected chi connectivity index (χ0v) is 9.75. The lowest BCUT2D eigenvalue weighted by atomic mass is 10.2. The fraction of sp³-hybridized carbons (Fsp3) is 0.333. The molecule has 0 amide bonds. The third kappa shape index (κ3) is 2.38. The average molecular weight is 234 g/mol. The van der Waals surface area contributed by atoms with E-state index >= 15 is 0 Å². The summed E-state index contributed by atoms with van der Waals surface area (Å²) < 4.78 is 7.25.